The lowest BCUT2D eigenvalue weighted by Crippen LogP contribution is -2.52. The maximum Gasteiger partial charge on any atom is 0.264 e. The second kappa shape index (κ2) is 12.8. The van der Waals surface area contributed by atoms with Gasteiger partial charge in [0, 0.05) is 31.7 Å². The summed E-state index contributed by atoms with van der Waals surface area (Å²) in [5, 5.41) is 10.8. The molecule has 3 heterocycles. The fraction of sp³-hybridized carbons (Fsp3) is 0.290. The van der Waals surface area contributed by atoms with Crippen LogP contribution >= 0.6 is 11.3 Å². The van der Waals surface area contributed by atoms with E-state index in [9.17, 15) is 9.59 Å². The van der Waals surface area contributed by atoms with Crippen LogP contribution in [0, 0.1) is 0 Å². The Morgan fingerprint density at radius 2 is 1.66 bits per heavy atom. The number of amides is 2. The average molecular weight is 572 g/mol. The molecule has 4 aromatic rings. The SMILES string of the molecule is COc1ccc(-c2ccc(N3CCN(C(=O)CN(C(=O)c4cccs4)C(C)c4ccccc4)CC3)nn2)cc1OC. The maximum atomic E-state index is 13.4. The van der Waals surface area contributed by atoms with E-state index in [1.54, 1.807) is 25.2 Å². The average Bonchev–Trinajstić information content (AvgIpc) is 3.58. The number of carbonyl (C=O) groups is 2. The molecule has 2 amide bonds. The van der Waals surface area contributed by atoms with Gasteiger partial charge in [-0.15, -0.1) is 21.5 Å². The number of anilines is 1. The van der Waals surface area contributed by atoms with Crippen molar-refractivity contribution in [3.63, 3.8) is 0 Å². The number of rotatable bonds is 9. The minimum absolute atomic E-state index is 0.0205. The van der Waals surface area contributed by atoms with Crippen molar-refractivity contribution in [1.82, 2.24) is 20.0 Å². The van der Waals surface area contributed by atoms with Crippen molar-refractivity contribution in [1.29, 1.82) is 0 Å². The van der Waals surface area contributed by atoms with Crippen molar-refractivity contribution >= 4 is 29.0 Å². The van der Waals surface area contributed by atoms with Gasteiger partial charge < -0.3 is 24.2 Å². The van der Waals surface area contributed by atoms with Gasteiger partial charge in [-0.3, -0.25) is 9.59 Å². The fourth-order valence-corrected chi connectivity index (χ4v) is 5.59. The molecule has 10 heteroatoms. The monoisotopic (exact) mass is 571 g/mol. The Bertz CT molecular complexity index is 1460. The molecule has 1 aliphatic rings. The number of piperazine rings is 1. The zero-order valence-corrected chi connectivity index (χ0v) is 24.2. The molecule has 1 unspecified atom stereocenters. The molecule has 1 fully saturated rings. The Morgan fingerprint density at radius 1 is 0.902 bits per heavy atom. The van der Waals surface area contributed by atoms with Crippen LogP contribution in [0.2, 0.25) is 0 Å². The standard InChI is InChI=1S/C31H33N5O4S/c1-22(23-8-5-4-6-9-23)36(31(38)28-10-7-19-41-28)21-30(37)35-17-15-34(16-18-35)29-14-12-25(32-33-29)24-11-13-26(39-2)27(20-24)40-3/h4-14,19-20,22H,15-18,21H2,1-3H3. The van der Waals surface area contributed by atoms with E-state index in [1.165, 1.54) is 11.3 Å². The Kier molecular flexibility index (Phi) is 8.79. The van der Waals surface area contributed by atoms with Crippen LogP contribution in [0.1, 0.15) is 28.2 Å². The summed E-state index contributed by atoms with van der Waals surface area (Å²) in [6.07, 6.45) is 0. The second-order valence-corrected chi connectivity index (χ2v) is 10.7. The van der Waals surface area contributed by atoms with E-state index >= 15 is 0 Å². The molecule has 0 N–H and O–H groups in total. The van der Waals surface area contributed by atoms with Gasteiger partial charge in [-0.25, -0.2) is 0 Å². The molecular weight excluding hydrogens is 538 g/mol. The molecule has 1 aliphatic heterocycles. The highest BCUT2D eigenvalue weighted by Crippen LogP contribution is 2.32. The first kappa shape index (κ1) is 28.1. The van der Waals surface area contributed by atoms with Crippen LogP contribution in [0.4, 0.5) is 5.82 Å². The molecule has 0 radical (unpaired) electrons. The van der Waals surface area contributed by atoms with E-state index in [0.717, 1.165) is 22.6 Å². The Morgan fingerprint density at radius 3 is 2.29 bits per heavy atom. The number of aromatic nitrogens is 2. The number of nitrogens with zero attached hydrogens (tertiary/aromatic N) is 5. The highest BCUT2D eigenvalue weighted by molar-refractivity contribution is 7.12. The molecule has 212 valence electrons. The van der Waals surface area contributed by atoms with Crippen LogP contribution in [-0.2, 0) is 4.79 Å². The van der Waals surface area contributed by atoms with Gasteiger partial charge in [0.15, 0.2) is 17.3 Å². The van der Waals surface area contributed by atoms with E-state index in [-0.39, 0.29) is 24.4 Å². The van der Waals surface area contributed by atoms with Crippen LogP contribution in [0.3, 0.4) is 0 Å². The third-order valence-corrected chi connectivity index (χ3v) is 8.19. The molecule has 9 nitrogen and oxygen atoms in total. The largest absolute Gasteiger partial charge is 0.493 e. The van der Waals surface area contributed by atoms with Crippen molar-refractivity contribution in [2.75, 3.05) is 51.8 Å². The van der Waals surface area contributed by atoms with Gasteiger partial charge in [0.1, 0.15) is 6.54 Å². The number of carbonyl (C=O) groups excluding carboxylic acids is 2. The first-order valence-corrected chi connectivity index (χ1v) is 14.3. The summed E-state index contributed by atoms with van der Waals surface area (Å²) in [5.74, 6) is 1.85. The second-order valence-electron chi connectivity index (χ2n) is 9.71. The molecule has 0 spiro atoms. The predicted molar refractivity (Wildman–Crippen MR) is 160 cm³/mol. The van der Waals surface area contributed by atoms with Gasteiger partial charge in [-0.1, -0.05) is 36.4 Å². The minimum atomic E-state index is -0.240. The number of benzene rings is 2. The number of hydrogen-bond donors (Lipinski definition) is 0. The summed E-state index contributed by atoms with van der Waals surface area (Å²) in [7, 11) is 3.20. The summed E-state index contributed by atoms with van der Waals surface area (Å²) in [4.78, 5) is 33.1. The Balaban J connectivity index is 1.22. The van der Waals surface area contributed by atoms with E-state index in [0.29, 0.717) is 42.6 Å². The molecule has 0 aliphatic carbocycles. The van der Waals surface area contributed by atoms with E-state index in [2.05, 4.69) is 15.1 Å². The van der Waals surface area contributed by atoms with Gasteiger partial charge >= 0.3 is 0 Å². The van der Waals surface area contributed by atoms with Crippen LogP contribution < -0.4 is 14.4 Å². The molecule has 0 bridgehead atoms. The number of methoxy groups -OCH3 is 2. The summed E-state index contributed by atoms with van der Waals surface area (Å²) in [5.41, 5.74) is 2.60. The van der Waals surface area contributed by atoms with Gasteiger partial charge in [-0.05, 0) is 54.3 Å². The van der Waals surface area contributed by atoms with E-state index in [1.807, 2.05) is 83.9 Å². The molecule has 2 aromatic heterocycles. The number of thiophene rings is 1. The van der Waals surface area contributed by atoms with Gasteiger partial charge in [0.05, 0.1) is 30.8 Å². The predicted octanol–water partition coefficient (Wildman–Crippen LogP) is 4.77. The van der Waals surface area contributed by atoms with Crippen LogP contribution in [0.15, 0.2) is 78.2 Å². The smallest absolute Gasteiger partial charge is 0.264 e. The molecule has 1 atom stereocenters. The molecule has 2 aromatic carbocycles. The summed E-state index contributed by atoms with van der Waals surface area (Å²) >= 11 is 1.39. The topological polar surface area (TPSA) is 88.1 Å². The fourth-order valence-electron chi connectivity index (χ4n) is 4.91. The maximum absolute atomic E-state index is 13.4. The van der Waals surface area contributed by atoms with Gasteiger partial charge in [0.25, 0.3) is 5.91 Å². The molecule has 41 heavy (non-hydrogen) atoms. The quantitative estimate of drug-likeness (QED) is 0.286. The lowest BCUT2D eigenvalue weighted by Gasteiger charge is -2.37. The van der Waals surface area contributed by atoms with Crippen molar-refractivity contribution in [3.05, 3.63) is 88.6 Å². The van der Waals surface area contributed by atoms with E-state index in [4.69, 9.17) is 9.47 Å². The molecular formula is C31H33N5O4S. The minimum Gasteiger partial charge on any atom is -0.493 e. The van der Waals surface area contributed by atoms with Crippen LogP contribution in [0.5, 0.6) is 11.5 Å². The molecule has 5 rings (SSSR count). The molecule has 1 saturated heterocycles. The lowest BCUT2D eigenvalue weighted by atomic mass is 10.1. The summed E-state index contributed by atoms with van der Waals surface area (Å²) < 4.78 is 10.7. The Hall–Kier alpha value is -4.44. The van der Waals surface area contributed by atoms with E-state index < -0.39 is 0 Å². The highest BCUT2D eigenvalue weighted by Gasteiger charge is 2.29. The number of ether oxygens (including phenoxy) is 2. The molecule has 0 saturated carbocycles. The summed E-state index contributed by atoms with van der Waals surface area (Å²) in [6, 6.07) is 22.7. The third kappa shape index (κ3) is 6.33. The normalized spacial score (nSPS) is 13.9. The van der Waals surface area contributed by atoms with Crippen LogP contribution in [-0.4, -0.2) is 78.8 Å². The van der Waals surface area contributed by atoms with Crippen LogP contribution in [0.25, 0.3) is 11.3 Å². The third-order valence-electron chi connectivity index (χ3n) is 7.33. The summed E-state index contributed by atoms with van der Waals surface area (Å²) in [6.45, 7) is 4.33. The van der Waals surface area contributed by atoms with Crippen molar-refractivity contribution < 1.29 is 19.1 Å². The first-order valence-electron chi connectivity index (χ1n) is 13.5. The van der Waals surface area contributed by atoms with Crippen molar-refractivity contribution in [2.45, 2.75) is 13.0 Å². The zero-order chi connectivity index (χ0) is 28.8. The number of hydrogen-bond acceptors (Lipinski definition) is 8. The lowest BCUT2D eigenvalue weighted by molar-refractivity contribution is -0.132. The van der Waals surface area contributed by atoms with Crippen molar-refractivity contribution in [2.24, 2.45) is 0 Å². The van der Waals surface area contributed by atoms with Gasteiger partial charge in [-0.2, -0.15) is 0 Å². The van der Waals surface area contributed by atoms with Gasteiger partial charge in [0.2, 0.25) is 5.91 Å². The van der Waals surface area contributed by atoms with Crippen molar-refractivity contribution in [3.8, 4) is 22.8 Å². The Labute approximate surface area is 243 Å². The highest BCUT2D eigenvalue weighted by atomic mass is 32.1. The first-order chi connectivity index (χ1) is 20.0. The zero-order valence-electron chi connectivity index (χ0n) is 23.4.